The average molecular weight is 365 g/mol. The van der Waals surface area contributed by atoms with Crippen LogP contribution < -0.4 is 5.32 Å². The Balaban J connectivity index is 0.000000359. The summed E-state index contributed by atoms with van der Waals surface area (Å²) in [6, 6.07) is 5.34. The highest BCUT2D eigenvalue weighted by Gasteiger charge is 2.10. The van der Waals surface area contributed by atoms with E-state index in [1.807, 2.05) is 6.07 Å². The summed E-state index contributed by atoms with van der Waals surface area (Å²) in [4.78, 5) is 37.2. The van der Waals surface area contributed by atoms with Crippen molar-refractivity contribution >= 4 is 17.8 Å². The van der Waals surface area contributed by atoms with Crippen molar-refractivity contribution in [1.82, 2.24) is 15.2 Å². The molecule has 0 aromatic carbocycles. The van der Waals surface area contributed by atoms with Gasteiger partial charge in [0.2, 0.25) is 0 Å². The molecule has 0 bridgehead atoms. The quantitative estimate of drug-likeness (QED) is 0.463. The molecule has 3 N–H and O–H groups in total. The van der Waals surface area contributed by atoms with Crippen LogP contribution in [0.1, 0.15) is 16.9 Å². The van der Waals surface area contributed by atoms with Gasteiger partial charge in [-0.15, -0.1) is 0 Å². The number of aromatic nitrogens is 1. The highest BCUT2D eigenvalue weighted by molar-refractivity contribution is 5.92. The number of carbonyl (C=O) groups is 3. The minimum Gasteiger partial charge on any atom is -0.478 e. The number of carboxylic acid groups (broad SMARTS) is 2. The third-order valence-electron chi connectivity index (χ3n) is 3.31. The molecule has 0 spiro atoms. The summed E-state index contributed by atoms with van der Waals surface area (Å²) >= 11 is 0. The van der Waals surface area contributed by atoms with Crippen LogP contribution in [0.3, 0.4) is 0 Å². The second-order valence-corrected chi connectivity index (χ2v) is 5.29. The molecule has 1 amide bonds. The van der Waals surface area contributed by atoms with E-state index in [4.69, 9.17) is 14.9 Å². The lowest BCUT2D eigenvalue weighted by Crippen LogP contribution is -2.38. The van der Waals surface area contributed by atoms with Crippen LogP contribution in [0.25, 0.3) is 0 Å². The van der Waals surface area contributed by atoms with E-state index in [9.17, 15) is 14.4 Å². The van der Waals surface area contributed by atoms with Crippen molar-refractivity contribution < 1.29 is 29.3 Å². The second kappa shape index (κ2) is 12.6. The van der Waals surface area contributed by atoms with Gasteiger partial charge in [-0.05, 0) is 25.1 Å². The Hall–Kier alpha value is -2.78. The number of nitrogens with zero attached hydrogens (tertiary/aromatic N) is 2. The minimum absolute atomic E-state index is 0.0995. The lowest BCUT2D eigenvalue weighted by molar-refractivity contribution is -0.134. The number of pyridine rings is 1. The van der Waals surface area contributed by atoms with Crippen LogP contribution in [0.2, 0.25) is 0 Å². The predicted octanol–water partition coefficient (Wildman–Crippen LogP) is 0.246. The summed E-state index contributed by atoms with van der Waals surface area (Å²) in [6.07, 6.45) is 3.70. The van der Waals surface area contributed by atoms with E-state index < -0.39 is 11.9 Å². The molecule has 1 aliphatic rings. The van der Waals surface area contributed by atoms with Gasteiger partial charge in [0.05, 0.1) is 13.2 Å². The predicted molar refractivity (Wildman–Crippen MR) is 92.9 cm³/mol. The van der Waals surface area contributed by atoms with Crippen LogP contribution in [0.4, 0.5) is 0 Å². The molecular formula is C17H23N3O6. The van der Waals surface area contributed by atoms with Crippen molar-refractivity contribution in [2.75, 3.05) is 39.4 Å². The number of nitrogens with one attached hydrogen (secondary N) is 1. The van der Waals surface area contributed by atoms with Crippen molar-refractivity contribution in [3.05, 3.63) is 42.2 Å². The molecule has 1 aromatic heterocycles. The third-order valence-corrected chi connectivity index (χ3v) is 3.31. The number of carbonyl (C=O) groups excluding carboxylic acids is 1. The molecule has 1 fully saturated rings. The molecule has 0 atom stereocenters. The normalized spacial score (nSPS) is 14.3. The molecule has 9 nitrogen and oxygen atoms in total. The van der Waals surface area contributed by atoms with Gasteiger partial charge in [-0.25, -0.2) is 9.59 Å². The fraction of sp³-hybridized carbons (Fsp3) is 0.412. The zero-order valence-electron chi connectivity index (χ0n) is 14.3. The number of carboxylic acids is 2. The first-order valence-electron chi connectivity index (χ1n) is 8.12. The van der Waals surface area contributed by atoms with Gasteiger partial charge in [0, 0.05) is 38.0 Å². The zero-order valence-corrected chi connectivity index (χ0v) is 14.3. The highest BCUT2D eigenvalue weighted by atomic mass is 16.5. The Kier molecular flexibility index (Phi) is 10.3. The largest absolute Gasteiger partial charge is 0.478 e. The van der Waals surface area contributed by atoms with E-state index in [2.05, 4.69) is 15.2 Å². The number of amides is 1. The van der Waals surface area contributed by atoms with Crippen LogP contribution in [0.5, 0.6) is 0 Å². The fourth-order valence-corrected chi connectivity index (χ4v) is 2.06. The number of hydrogen-bond donors (Lipinski definition) is 3. The SMILES string of the molecule is O=C(NCCCN1CCOCC1)c1ccccn1.O=C(O)C=CC(=O)O. The van der Waals surface area contributed by atoms with E-state index in [0.717, 1.165) is 39.3 Å². The van der Waals surface area contributed by atoms with Crippen molar-refractivity contribution in [3.63, 3.8) is 0 Å². The smallest absolute Gasteiger partial charge is 0.328 e. The summed E-state index contributed by atoms with van der Waals surface area (Å²) in [6.45, 7) is 5.32. The maximum Gasteiger partial charge on any atom is 0.328 e. The van der Waals surface area contributed by atoms with Gasteiger partial charge in [0.1, 0.15) is 5.69 Å². The topological polar surface area (TPSA) is 129 Å². The Morgan fingerprint density at radius 3 is 2.35 bits per heavy atom. The first kappa shape index (κ1) is 21.3. The van der Waals surface area contributed by atoms with Crippen LogP contribution in [-0.2, 0) is 14.3 Å². The van der Waals surface area contributed by atoms with Gasteiger partial charge in [-0.3, -0.25) is 14.7 Å². The van der Waals surface area contributed by atoms with E-state index in [1.54, 1.807) is 18.3 Å². The summed E-state index contributed by atoms with van der Waals surface area (Å²) in [5, 5.41) is 18.5. The van der Waals surface area contributed by atoms with Crippen molar-refractivity contribution in [1.29, 1.82) is 0 Å². The number of hydrogen-bond acceptors (Lipinski definition) is 6. The molecule has 0 unspecified atom stereocenters. The average Bonchev–Trinajstić information content (AvgIpc) is 2.65. The monoisotopic (exact) mass is 365 g/mol. The lowest BCUT2D eigenvalue weighted by atomic mass is 10.3. The number of morpholine rings is 1. The molecule has 26 heavy (non-hydrogen) atoms. The standard InChI is InChI=1S/C13H19N3O2.C4H4O4/c17-13(12-4-1-2-5-14-12)15-6-3-7-16-8-10-18-11-9-16;5-3(6)1-2-4(7)8/h1-2,4-5H,3,6-11H2,(H,15,17);1-2H,(H,5,6)(H,7,8). The van der Waals surface area contributed by atoms with E-state index >= 15 is 0 Å². The number of ether oxygens (including phenoxy) is 1. The van der Waals surface area contributed by atoms with Crippen molar-refractivity contribution in [2.24, 2.45) is 0 Å². The molecule has 0 saturated carbocycles. The fourth-order valence-electron chi connectivity index (χ4n) is 2.06. The first-order valence-corrected chi connectivity index (χ1v) is 8.12. The van der Waals surface area contributed by atoms with Crippen molar-refractivity contribution in [3.8, 4) is 0 Å². The lowest BCUT2D eigenvalue weighted by Gasteiger charge is -2.26. The Morgan fingerprint density at radius 2 is 1.81 bits per heavy atom. The van der Waals surface area contributed by atoms with Gasteiger partial charge < -0.3 is 20.3 Å². The molecule has 142 valence electrons. The van der Waals surface area contributed by atoms with Crippen LogP contribution in [0.15, 0.2) is 36.5 Å². The van der Waals surface area contributed by atoms with Crippen molar-refractivity contribution in [2.45, 2.75) is 6.42 Å². The highest BCUT2D eigenvalue weighted by Crippen LogP contribution is 1.98. The van der Waals surface area contributed by atoms with Gasteiger partial charge in [-0.2, -0.15) is 0 Å². The molecule has 1 saturated heterocycles. The van der Waals surface area contributed by atoms with Gasteiger partial charge in [-0.1, -0.05) is 6.07 Å². The Bertz CT molecular complexity index is 584. The van der Waals surface area contributed by atoms with Gasteiger partial charge in [0.25, 0.3) is 5.91 Å². The molecule has 0 radical (unpaired) electrons. The van der Waals surface area contributed by atoms with E-state index in [-0.39, 0.29) is 5.91 Å². The van der Waals surface area contributed by atoms with E-state index in [0.29, 0.717) is 24.4 Å². The van der Waals surface area contributed by atoms with Gasteiger partial charge in [0.15, 0.2) is 0 Å². The minimum atomic E-state index is -1.26. The Labute approximate surface area is 151 Å². The number of aliphatic carboxylic acids is 2. The molecular weight excluding hydrogens is 342 g/mol. The zero-order chi connectivity index (χ0) is 19.2. The molecule has 1 aliphatic heterocycles. The second-order valence-electron chi connectivity index (χ2n) is 5.29. The van der Waals surface area contributed by atoms with Crippen LogP contribution in [-0.4, -0.2) is 77.3 Å². The van der Waals surface area contributed by atoms with Crippen LogP contribution in [0, 0.1) is 0 Å². The number of rotatable bonds is 7. The summed E-state index contributed by atoms with van der Waals surface area (Å²) in [7, 11) is 0. The van der Waals surface area contributed by atoms with Crippen LogP contribution >= 0.6 is 0 Å². The molecule has 1 aromatic rings. The molecule has 9 heteroatoms. The van der Waals surface area contributed by atoms with Gasteiger partial charge >= 0.3 is 11.9 Å². The summed E-state index contributed by atoms with van der Waals surface area (Å²) < 4.78 is 5.28. The maximum atomic E-state index is 11.7. The third kappa shape index (κ3) is 10.2. The van der Waals surface area contributed by atoms with E-state index in [1.165, 1.54) is 0 Å². The first-order chi connectivity index (χ1) is 12.5. The Morgan fingerprint density at radius 1 is 1.15 bits per heavy atom. The molecule has 0 aliphatic carbocycles. The summed E-state index contributed by atoms with van der Waals surface area (Å²) in [5.74, 6) is -2.61. The molecule has 2 heterocycles. The maximum absolute atomic E-state index is 11.7. The molecule has 2 rings (SSSR count). The summed E-state index contributed by atoms with van der Waals surface area (Å²) in [5.41, 5.74) is 0.476.